The van der Waals surface area contributed by atoms with Crippen LogP contribution in [-0.2, 0) is 10.1 Å². The fraction of sp³-hybridized carbons (Fsp3) is 0.143. The molecule has 8 heteroatoms. The van der Waals surface area contributed by atoms with Crippen molar-refractivity contribution in [3.8, 4) is 0 Å². The molecule has 0 saturated heterocycles. The summed E-state index contributed by atoms with van der Waals surface area (Å²) in [6.07, 6.45) is 0. The quantitative estimate of drug-likeness (QED) is 0.445. The second-order valence-corrected chi connectivity index (χ2v) is 4.19. The summed E-state index contributed by atoms with van der Waals surface area (Å²) in [6.45, 7) is 0. The highest BCUT2D eigenvalue weighted by atomic mass is 32.2. The largest absolute Gasteiger partial charge is 0.371 e. The van der Waals surface area contributed by atoms with Crippen molar-refractivity contribution in [3.63, 3.8) is 0 Å². The molecule has 0 aliphatic heterocycles. The van der Waals surface area contributed by atoms with Crippen LogP contribution >= 0.6 is 0 Å². The van der Waals surface area contributed by atoms with Crippen LogP contribution in [0, 0.1) is 10.1 Å². The van der Waals surface area contributed by atoms with Gasteiger partial charge in [-0.1, -0.05) is 0 Å². The Kier molecular flexibility index (Phi) is 3.03. The molecule has 15 heavy (non-hydrogen) atoms. The summed E-state index contributed by atoms with van der Waals surface area (Å²) < 4.78 is 29.6. The Morgan fingerprint density at radius 1 is 1.27 bits per heavy atom. The number of benzene rings is 1. The van der Waals surface area contributed by atoms with E-state index in [0.29, 0.717) is 0 Å². The number of hydrogen-bond donors (Lipinski definition) is 2. The highest BCUT2D eigenvalue weighted by molar-refractivity contribution is 7.85. The van der Waals surface area contributed by atoms with Crippen LogP contribution in [0.4, 0.5) is 5.69 Å². The van der Waals surface area contributed by atoms with Gasteiger partial charge in [0.15, 0.2) is 0 Å². The lowest BCUT2D eigenvalue weighted by Crippen LogP contribution is -2.11. The molecule has 0 amide bonds. The Balaban J connectivity index is 3.05. The minimum Gasteiger partial charge on any atom is -0.371 e. The van der Waals surface area contributed by atoms with Gasteiger partial charge in [0.05, 0.1) is 4.92 Å². The van der Waals surface area contributed by atoms with Crippen molar-refractivity contribution in [1.82, 2.24) is 0 Å². The van der Waals surface area contributed by atoms with Crippen molar-refractivity contribution in [3.05, 3.63) is 39.9 Å². The van der Waals surface area contributed by atoms with Crippen LogP contribution in [0.5, 0.6) is 0 Å². The first-order valence-corrected chi connectivity index (χ1v) is 5.21. The zero-order valence-corrected chi connectivity index (χ0v) is 8.09. The molecular formula is C7H7NO6S. The molecule has 7 nitrogen and oxygen atoms in total. The molecule has 1 atom stereocenters. The van der Waals surface area contributed by atoms with Crippen LogP contribution in [0.1, 0.15) is 11.0 Å². The van der Waals surface area contributed by atoms with Gasteiger partial charge in [-0.25, -0.2) is 0 Å². The van der Waals surface area contributed by atoms with E-state index < -0.39 is 20.5 Å². The summed E-state index contributed by atoms with van der Waals surface area (Å²) >= 11 is 0. The average Bonchev–Trinajstić information content (AvgIpc) is 2.15. The molecule has 2 N–H and O–H groups in total. The molecular weight excluding hydrogens is 226 g/mol. The Morgan fingerprint density at radius 3 is 2.07 bits per heavy atom. The number of nitrogens with zero attached hydrogens (tertiary/aromatic N) is 1. The van der Waals surface area contributed by atoms with Crippen molar-refractivity contribution in [2.45, 2.75) is 5.44 Å². The van der Waals surface area contributed by atoms with E-state index in [4.69, 9.17) is 9.66 Å². The smallest absolute Gasteiger partial charge is 0.296 e. The van der Waals surface area contributed by atoms with E-state index in [1.807, 2.05) is 0 Å². The van der Waals surface area contributed by atoms with Gasteiger partial charge >= 0.3 is 0 Å². The van der Waals surface area contributed by atoms with E-state index in [1.165, 1.54) is 0 Å². The topological polar surface area (TPSA) is 118 Å². The maximum atomic E-state index is 10.5. The van der Waals surface area contributed by atoms with E-state index in [2.05, 4.69) is 0 Å². The number of rotatable bonds is 3. The lowest BCUT2D eigenvalue weighted by Gasteiger charge is -2.06. The van der Waals surface area contributed by atoms with Crippen molar-refractivity contribution in [1.29, 1.82) is 0 Å². The number of aliphatic hydroxyl groups is 1. The number of nitro groups is 1. The molecule has 0 aromatic heterocycles. The summed E-state index contributed by atoms with van der Waals surface area (Å²) in [4.78, 5) is 9.59. The van der Waals surface area contributed by atoms with Gasteiger partial charge in [0.1, 0.15) is 0 Å². The van der Waals surface area contributed by atoms with Crippen LogP contribution in [0.15, 0.2) is 24.3 Å². The van der Waals surface area contributed by atoms with Crippen LogP contribution in [0.3, 0.4) is 0 Å². The van der Waals surface area contributed by atoms with Gasteiger partial charge in [-0.05, 0) is 17.7 Å². The summed E-state index contributed by atoms with van der Waals surface area (Å²) in [6, 6.07) is 4.17. The van der Waals surface area contributed by atoms with Crippen LogP contribution in [-0.4, -0.2) is 23.0 Å². The minimum atomic E-state index is -4.60. The first-order chi connectivity index (χ1) is 6.82. The van der Waals surface area contributed by atoms with Crippen molar-refractivity contribution < 1.29 is 23.0 Å². The van der Waals surface area contributed by atoms with Gasteiger partial charge < -0.3 is 5.11 Å². The third kappa shape index (κ3) is 2.72. The standard InChI is InChI=1S/C7H7NO6S/c9-7(15(12,13)14)5-1-3-6(4-2-5)8(10)11/h1-4,7,9H,(H,12,13,14)/t7-/m0/s1. The highest BCUT2D eigenvalue weighted by Gasteiger charge is 2.22. The minimum absolute atomic E-state index is 0.136. The molecule has 0 radical (unpaired) electrons. The average molecular weight is 233 g/mol. The molecule has 1 aromatic carbocycles. The monoisotopic (exact) mass is 233 g/mol. The normalized spacial score (nSPS) is 13.5. The van der Waals surface area contributed by atoms with Gasteiger partial charge in [0.2, 0.25) is 5.44 Å². The van der Waals surface area contributed by atoms with Crippen molar-refractivity contribution in [2.24, 2.45) is 0 Å². The molecule has 0 bridgehead atoms. The van der Waals surface area contributed by atoms with E-state index in [9.17, 15) is 18.5 Å². The molecule has 0 aliphatic carbocycles. The Bertz CT molecular complexity index is 465. The fourth-order valence-electron chi connectivity index (χ4n) is 0.933. The molecule has 82 valence electrons. The van der Waals surface area contributed by atoms with Gasteiger partial charge in [0.25, 0.3) is 15.8 Å². The predicted octanol–water partition coefficient (Wildman–Crippen LogP) is 0.473. The fourth-order valence-corrected chi connectivity index (χ4v) is 1.43. The van der Waals surface area contributed by atoms with Crippen LogP contribution in [0.2, 0.25) is 0 Å². The summed E-state index contributed by atoms with van der Waals surface area (Å²) in [7, 11) is -4.60. The van der Waals surface area contributed by atoms with E-state index in [-0.39, 0.29) is 11.3 Å². The maximum Gasteiger partial charge on any atom is 0.296 e. The van der Waals surface area contributed by atoms with Crippen molar-refractivity contribution in [2.75, 3.05) is 0 Å². The maximum absolute atomic E-state index is 10.5. The molecule has 0 saturated carbocycles. The summed E-state index contributed by atoms with van der Waals surface area (Å²) in [5, 5.41) is 19.3. The molecule has 0 spiro atoms. The highest BCUT2D eigenvalue weighted by Crippen LogP contribution is 2.20. The zero-order chi connectivity index (χ0) is 11.6. The number of hydrogen-bond acceptors (Lipinski definition) is 5. The Labute approximate surface area is 84.9 Å². The molecule has 0 heterocycles. The molecule has 1 rings (SSSR count). The Hall–Kier alpha value is -1.51. The van der Waals surface area contributed by atoms with Gasteiger partial charge in [-0.15, -0.1) is 0 Å². The van der Waals surface area contributed by atoms with E-state index in [1.54, 1.807) is 0 Å². The zero-order valence-electron chi connectivity index (χ0n) is 7.27. The molecule has 1 aromatic rings. The Morgan fingerprint density at radius 2 is 1.73 bits per heavy atom. The van der Waals surface area contributed by atoms with Gasteiger partial charge in [0, 0.05) is 12.1 Å². The number of aliphatic hydroxyl groups excluding tert-OH is 1. The second-order valence-electron chi connectivity index (χ2n) is 2.72. The first kappa shape index (κ1) is 11.6. The molecule has 0 unspecified atom stereocenters. The SMILES string of the molecule is O=[N+]([O-])c1ccc([C@@H](O)S(=O)(=O)O)cc1. The van der Waals surface area contributed by atoms with Gasteiger partial charge in [-0.2, -0.15) is 8.42 Å². The van der Waals surface area contributed by atoms with Crippen LogP contribution < -0.4 is 0 Å². The third-order valence-electron chi connectivity index (χ3n) is 1.67. The second kappa shape index (κ2) is 3.93. The van der Waals surface area contributed by atoms with E-state index >= 15 is 0 Å². The van der Waals surface area contributed by atoms with Gasteiger partial charge in [-0.3, -0.25) is 14.7 Å². The first-order valence-electron chi connectivity index (χ1n) is 3.71. The number of non-ortho nitro benzene ring substituents is 1. The molecule has 0 aliphatic rings. The lowest BCUT2D eigenvalue weighted by atomic mass is 10.2. The van der Waals surface area contributed by atoms with Crippen LogP contribution in [0.25, 0.3) is 0 Å². The third-order valence-corrected chi connectivity index (χ3v) is 2.51. The summed E-state index contributed by atoms with van der Waals surface area (Å²) in [5.74, 6) is 0. The van der Waals surface area contributed by atoms with E-state index in [0.717, 1.165) is 24.3 Å². The molecule has 0 fully saturated rings. The lowest BCUT2D eigenvalue weighted by molar-refractivity contribution is -0.384. The van der Waals surface area contributed by atoms with Crippen molar-refractivity contribution >= 4 is 15.8 Å². The summed E-state index contributed by atoms with van der Waals surface area (Å²) in [5.41, 5.74) is -2.46. The number of nitro benzene ring substituents is 1. The predicted molar refractivity (Wildman–Crippen MR) is 49.6 cm³/mol.